The molecule has 0 spiro atoms. The van der Waals surface area contributed by atoms with E-state index in [2.05, 4.69) is 4.98 Å². The fraction of sp³-hybridized carbons (Fsp3) is 0. The van der Waals surface area contributed by atoms with Crippen LogP contribution in [0.15, 0.2) is 53.4 Å². The number of hydrogen-bond donors (Lipinski definition) is 0. The molecule has 3 rings (SSSR count). The number of hydrogen-bond acceptors (Lipinski definition) is 2. The van der Waals surface area contributed by atoms with Crippen LogP contribution in [-0.4, -0.2) is 4.98 Å². The molecule has 3 heteroatoms. The summed E-state index contributed by atoms with van der Waals surface area (Å²) in [6.07, 6.45) is 0. The molecular weight excluding hydrogens is 218 g/mol. The van der Waals surface area contributed by atoms with Crippen molar-refractivity contribution in [2.24, 2.45) is 0 Å². The second-order valence-electron chi connectivity index (χ2n) is 3.59. The van der Waals surface area contributed by atoms with Gasteiger partial charge in [0.1, 0.15) is 0 Å². The Morgan fingerprint density at radius 1 is 0.938 bits per heavy atom. The Morgan fingerprint density at radius 3 is 2.62 bits per heavy atom. The zero-order valence-electron chi connectivity index (χ0n) is 8.38. The number of rotatable bonds is 1. The van der Waals surface area contributed by atoms with Crippen LogP contribution in [0.4, 0.5) is 0 Å². The number of fused-ring (bicyclic) bond motifs is 2. The summed E-state index contributed by atoms with van der Waals surface area (Å²) in [6.45, 7) is 0. The number of para-hydroxylation sites is 1. The van der Waals surface area contributed by atoms with E-state index < -0.39 is 0 Å². The molecule has 3 aromatic rings. The lowest BCUT2D eigenvalue weighted by Gasteiger charge is -1.99. The third-order valence-electron chi connectivity index (χ3n) is 2.61. The Hall–Kier alpha value is -1.87. The van der Waals surface area contributed by atoms with E-state index in [1.807, 2.05) is 48.5 Å². The van der Waals surface area contributed by atoms with Gasteiger partial charge in [-0.3, -0.25) is 0 Å². The lowest BCUT2D eigenvalue weighted by molar-refractivity contribution is 0.605. The largest absolute Gasteiger partial charge is 0.505 e. The van der Waals surface area contributed by atoms with E-state index in [9.17, 15) is 4.21 Å². The van der Waals surface area contributed by atoms with Crippen molar-refractivity contribution in [3.05, 3.63) is 48.5 Å². The zero-order chi connectivity index (χ0) is 11.0. The molecule has 0 aliphatic rings. The number of aromatic nitrogens is 1. The Labute approximate surface area is 96.4 Å². The lowest BCUT2D eigenvalue weighted by atomic mass is 10.1. The molecule has 0 aliphatic heterocycles. The van der Waals surface area contributed by atoms with Crippen LogP contribution in [-0.2, 0) is 15.9 Å². The maximum atomic E-state index is 11.0. The molecule has 0 saturated heterocycles. The molecule has 0 bridgehead atoms. The standard InChI is InChI=1S/C13H8NOS/c15-16-13-7-3-6-12-10(13)8-9-4-1-2-5-11(9)14-12/h1-8H/q+1. The minimum absolute atomic E-state index is 0.517. The SMILES string of the molecule is O=[S+]c1cccc2nc3ccccc3cc12. The summed E-state index contributed by atoms with van der Waals surface area (Å²) >= 11 is 0.517. The van der Waals surface area contributed by atoms with Crippen molar-refractivity contribution in [3.63, 3.8) is 0 Å². The smallest absolute Gasteiger partial charge is 0.248 e. The van der Waals surface area contributed by atoms with Gasteiger partial charge in [0.25, 0.3) is 4.90 Å². The number of benzene rings is 2. The molecule has 0 unspecified atom stereocenters. The highest BCUT2D eigenvalue weighted by Crippen LogP contribution is 2.22. The third-order valence-corrected chi connectivity index (χ3v) is 3.15. The van der Waals surface area contributed by atoms with Crippen LogP contribution in [0.25, 0.3) is 21.8 Å². The topological polar surface area (TPSA) is 30.0 Å². The van der Waals surface area contributed by atoms with Crippen molar-refractivity contribution in [2.75, 3.05) is 0 Å². The summed E-state index contributed by atoms with van der Waals surface area (Å²) in [7, 11) is 0. The van der Waals surface area contributed by atoms with Gasteiger partial charge in [-0.05, 0) is 18.2 Å². The first-order valence-corrected chi connectivity index (χ1v) is 5.71. The van der Waals surface area contributed by atoms with Crippen molar-refractivity contribution in [1.82, 2.24) is 4.98 Å². The fourth-order valence-corrected chi connectivity index (χ4v) is 2.23. The molecule has 2 aromatic carbocycles. The Balaban J connectivity index is 2.51. The van der Waals surface area contributed by atoms with Crippen LogP contribution in [0.1, 0.15) is 0 Å². The quantitative estimate of drug-likeness (QED) is 0.471. The molecule has 0 radical (unpaired) electrons. The predicted molar refractivity (Wildman–Crippen MR) is 65.6 cm³/mol. The normalized spacial score (nSPS) is 10.8. The molecule has 0 fully saturated rings. The van der Waals surface area contributed by atoms with Crippen LogP contribution in [0, 0.1) is 0 Å². The molecule has 76 valence electrons. The van der Waals surface area contributed by atoms with Crippen LogP contribution in [0.5, 0.6) is 0 Å². The highest BCUT2D eigenvalue weighted by atomic mass is 32.1. The van der Waals surface area contributed by atoms with E-state index in [4.69, 9.17) is 0 Å². The van der Waals surface area contributed by atoms with Gasteiger partial charge in [-0.15, -0.1) is 0 Å². The van der Waals surface area contributed by atoms with Gasteiger partial charge < -0.3 is 0 Å². The van der Waals surface area contributed by atoms with Gasteiger partial charge in [-0.25, -0.2) is 4.98 Å². The highest BCUT2D eigenvalue weighted by molar-refractivity contribution is 7.65. The van der Waals surface area contributed by atoms with Gasteiger partial charge in [0, 0.05) is 15.7 Å². The zero-order valence-corrected chi connectivity index (χ0v) is 9.20. The van der Waals surface area contributed by atoms with E-state index in [0.717, 1.165) is 26.7 Å². The van der Waals surface area contributed by atoms with Crippen LogP contribution < -0.4 is 0 Å². The lowest BCUT2D eigenvalue weighted by Crippen LogP contribution is -1.84. The molecule has 0 atom stereocenters. The van der Waals surface area contributed by atoms with E-state index >= 15 is 0 Å². The van der Waals surface area contributed by atoms with Crippen molar-refractivity contribution in [3.8, 4) is 0 Å². The Kier molecular flexibility index (Phi) is 2.11. The molecule has 0 aliphatic carbocycles. The molecule has 0 amide bonds. The van der Waals surface area contributed by atoms with Gasteiger partial charge in [0.05, 0.1) is 16.4 Å². The first kappa shape index (κ1) is 9.36. The van der Waals surface area contributed by atoms with Gasteiger partial charge in [-0.2, -0.15) is 0 Å². The van der Waals surface area contributed by atoms with E-state index in [1.54, 1.807) is 0 Å². The molecule has 0 saturated carbocycles. The Bertz CT molecular complexity index is 694. The van der Waals surface area contributed by atoms with Crippen LogP contribution in [0.2, 0.25) is 0 Å². The second kappa shape index (κ2) is 3.61. The second-order valence-corrected chi connectivity index (χ2v) is 4.19. The monoisotopic (exact) mass is 226 g/mol. The fourth-order valence-electron chi connectivity index (χ4n) is 1.84. The maximum absolute atomic E-state index is 11.0. The van der Waals surface area contributed by atoms with Gasteiger partial charge in [0.15, 0.2) is 0 Å². The summed E-state index contributed by atoms with van der Waals surface area (Å²) in [5.74, 6) is 0. The summed E-state index contributed by atoms with van der Waals surface area (Å²) < 4.78 is 11.0. The molecular formula is C13H8NOS+. The van der Waals surface area contributed by atoms with Crippen molar-refractivity contribution in [1.29, 1.82) is 0 Å². The van der Waals surface area contributed by atoms with E-state index in [1.165, 1.54) is 0 Å². The van der Waals surface area contributed by atoms with E-state index in [-0.39, 0.29) is 0 Å². The average molecular weight is 226 g/mol. The van der Waals surface area contributed by atoms with Gasteiger partial charge in [0.2, 0.25) is 0 Å². The van der Waals surface area contributed by atoms with Crippen molar-refractivity contribution in [2.45, 2.75) is 4.90 Å². The van der Waals surface area contributed by atoms with Crippen molar-refractivity contribution < 1.29 is 4.21 Å². The summed E-state index contributed by atoms with van der Waals surface area (Å²) in [5, 5.41) is 2.00. The van der Waals surface area contributed by atoms with Gasteiger partial charge in [-0.1, -0.05) is 24.3 Å². The van der Waals surface area contributed by atoms with Crippen molar-refractivity contribution >= 4 is 33.5 Å². The molecule has 0 N–H and O–H groups in total. The highest BCUT2D eigenvalue weighted by Gasteiger charge is 2.13. The number of nitrogens with zero attached hydrogens (tertiary/aromatic N) is 1. The van der Waals surface area contributed by atoms with Crippen LogP contribution >= 0.6 is 0 Å². The minimum Gasteiger partial charge on any atom is -0.248 e. The Morgan fingerprint density at radius 2 is 1.75 bits per heavy atom. The predicted octanol–water partition coefficient (Wildman–Crippen LogP) is 3.18. The summed E-state index contributed by atoms with van der Waals surface area (Å²) in [6, 6.07) is 15.6. The maximum Gasteiger partial charge on any atom is 0.505 e. The summed E-state index contributed by atoms with van der Waals surface area (Å²) in [5.41, 5.74) is 1.84. The number of pyridine rings is 1. The van der Waals surface area contributed by atoms with Crippen LogP contribution in [0.3, 0.4) is 0 Å². The van der Waals surface area contributed by atoms with Gasteiger partial charge >= 0.3 is 11.7 Å². The molecule has 1 aromatic heterocycles. The molecule has 1 heterocycles. The first-order valence-electron chi connectivity index (χ1n) is 4.97. The average Bonchev–Trinajstić information content (AvgIpc) is 2.35. The summed E-state index contributed by atoms with van der Waals surface area (Å²) in [4.78, 5) is 5.27. The van der Waals surface area contributed by atoms with E-state index in [0.29, 0.717) is 11.7 Å². The third kappa shape index (κ3) is 1.37. The molecule has 2 nitrogen and oxygen atoms in total. The first-order chi connectivity index (χ1) is 7.88. The molecule has 16 heavy (non-hydrogen) atoms. The minimum atomic E-state index is 0.517.